The number of primary amides is 1. The number of aliphatic hydroxyl groups excluding tert-OH is 3. The zero-order chi connectivity index (χ0) is 84.6. The first-order valence-corrected chi connectivity index (χ1v) is 38.4. The van der Waals surface area contributed by atoms with Gasteiger partial charge < -0.3 is 134 Å². The Morgan fingerprint density at radius 1 is 0.405 bits per heavy atom. The van der Waals surface area contributed by atoms with Gasteiger partial charge in [0.2, 0.25) is 94.5 Å². The van der Waals surface area contributed by atoms with Crippen molar-refractivity contribution in [3.05, 3.63) is 0 Å². The number of thioether (sulfide) groups is 1. The van der Waals surface area contributed by atoms with Crippen LogP contribution < -0.4 is 108 Å². The quantitative estimate of drug-likeness (QED) is 0.0199. The molecule has 30 N–H and O–H groups in total. The van der Waals surface area contributed by atoms with E-state index < -0.39 is 255 Å². The highest BCUT2D eigenvalue weighted by Gasteiger charge is 2.39. The summed E-state index contributed by atoms with van der Waals surface area (Å²) >= 11 is 5.21. The van der Waals surface area contributed by atoms with Gasteiger partial charge in [0.25, 0.3) is 0 Å². The van der Waals surface area contributed by atoms with Gasteiger partial charge in [-0.15, -0.1) is 0 Å². The monoisotopic (exact) mass is 1620 g/mol. The summed E-state index contributed by atoms with van der Waals surface area (Å²) in [5, 5.41) is 85.8. The summed E-state index contributed by atoms with van der Waals surface area (Å²) in [6.45, 7) is 4.62. The van der Waals surface area contributed by atoms with Crippen LogP contribution in [0.25, 0.3) is 0 Å². The second kappa shape index (κ2) is 56.1. The fraction of sp³-hybridized carbons (Fsp3) is 0.727. The predicted molar refractivity (Wildman–Crippen MR) is 404 cm³/mol. The number of carboxylic acids is 2. The summed E-state index contributed by atoms with van der Waals surface area (Å²) in [5.41, 5.74) is 28.0. The minimum Gasteiger partial charge on any atom is -0.481 e. The van der Waals surface area contributed by atoms with Crippen LogP contribution in [0.4, 0.5) is 0 Å². The average molecular weight is 1620 g/mol. The van der Waals surface area contributed by atoms with Crippen LogP contribution in [0, 0.1) is 11.8 Å². The van der Waals surface area contributed by atoms with Gasteiger partial charge in [0, 0.05) is 18.6 Å². The van der Waals surface area contributed by atoms with Crippen LogP contribution in [-0.4, -0.2) is 287 Å². The van der Waals surface area contributed by atoms with E-state index in [0.29, 0.717) is 31.4 Å². The zero-order valence-corrected chi connectivity index (χ0v) is 65.5. The van der Waals surface area contributed by atoms with Gasteiger partial charge in [0.15, 0.2) is 0 Å². The topological polar surface area (TPSA) is 719 Å². The minimum atomic E-state index is -1.92. The van der Waals surface area contributed by atoms with Gasteiger partial charge in [-0.3, -0.25) is 81.5 Å². The molecule has 0 aliphatic carbocycles. The summed E-state index contributed by atoms with van der Waals surface area (Å²) in [5.74, 6) is -19.8. The van der Waals surface area contributed by atoms with Gasteiger partial charge in [0.05, 0.1) is 45.0 Å². The van der Waals surface area contributed by atoms with Crippen LogP contribution in [0.5, 0.6) is 0 Å². The average Bonchev–Trinajstić information content (AvgIpc) is 0.837. The summed E-state index contributed by atoms with van der Waals surface area (Å²) < 4.78 is 0. The first-order valence-electron chi connectivity index (χ1n) is 36.3. The van der Waals surface area contributed by atoms with Gasteiger partial charge >= 0.3 is 11.9 Å². The number of nitrogens with two attached hydrogens (primary N) is 5. The summed E-state index contributed by atoms with van der Waals surface area (Å²) in [6, 6.07) is -19.8. The maximum atomic E-state index is 14.4. The number of thiol groups is 1. The molecule has 0 aliphatic heterocycles. The lowest BCUT2D eigenvalue weighted by atomic mass is 9.95. The number of carboxylic acid groups (broad SMARTS) is 2. The highest BCUT2D eigenvalue weighted by molar-refractivity contribution is 7.98. The van der Waals surface area contributed by atoms with E-state index in [-0.39, 0.29) is 76.8 Å². The molecule has 16 amide bonds. The van der Waals surface area contributed by atoms with Gasteiger partial charge in [0.1, 0.15) is 72.5 Å². The molecule has 0 saturated heterocycles. The number of hydrogen-bond donors (Lipinski definition) is 26. The molecule has 43 nitrogen and oxygen atoms in total. The van der Waals surface area contributed by atoms with Gasteiger partial charge in [-0.2, -0.15) is 24.4 Å². The summed E-state index contributed by atoms with van der Waals surface area (Å²) in [4.78, 5) is 238. The van der Waals surface area contributed by atoms with Crippen LogP contribution in [0.15, 0.2) is 0 Å². The largest absolute Gasteiger partial charge is 0.481 e. The second-order valence-electron chi connectivity index (χ2n) is 26.4. The smallest absolute Gasteiger partial charge is 0.326 e. The molecule has 0 rings (SSSR count). The Morgan fingerprint density at radius 2 is 0.757 bits per heavy atom. The van der Waals surface area contributed by atoms with E-state index in [2.05, 4.69) is 92.4 Å². The molecule has 111 heavy (non-hydrogen) atoms. The van der Waals surface area contributed by atoms with Crippen molar-refractivity contribution in [3.8, 4) is 0 Å². The molecule has 632 valence electrons. The number of unbranched alkanes of at least 4 members (excludes halogenated alkanes) is 3. The molecule has 0 aliphatic rings. The number of amides is 16. The number of aliphatic hydroxyl groups is 3. The van der Waals surface area contributed by atoms with Crippen LogP contribution in [0.1, 0.15) is 138 Å². The highest BCUT2D eigenvalue weighted by Crippen LogP contribution is 2.15. The molecule has 0 unspecified atom stereocenters. The van der Waals surface area contributed by atoms with Crippen molar-refractivity contribution in [2.75, 3.05) is 70.2 Å². The van der Waals surface area contributed by atoms with Crippen LogP contribution in [0.3, 0.4) is 0 Å². The Morgan fingerprint density at radius 3 is 1.18 bits per heavy atom. The lowest BCUT2D eigenvalue weighted by Gasteiger charge is -2.31. The second-order valence-corrected chi connectivity index (χ2v) is 27.8. The molecule has 0 bridgehead atoms. The number of rotatable bonds is 59. The Kier molecular flexibility index (Phi) is 51.5. The Hall–Kier alpha value is -9.12. The number of hydrogen-bond acceptors (Lipinski definition) is 27. The van der Waals surface area contributed by atoms with Crippen molar-refractivity contribution in [2.24, 2.45) is 40.5 Å². The third kappa shape index (κ3) is 41.1. The van der Waals surface area contributed by atoms with E-state index in [1.165, 1.54) is 18.7 Å². The maximum absolute atomic E-state index is 14.4. The van der Waals surface area contributed by atoms with E-state index in [4.69, 9.17) is 28.7 Å². The van der Waals surface area contributed by atoms with Crippen molar-refractivity contribution in [1.82, 2.24) is 79.8 Å². The molecule has 0 aromatic heterocycles. The van der Waals surface area contributed by atoms with Crippen molar-refractivity contribution >= 4 is 131 Å². The SMILES string of the molecule is CC[C@@H](C)[C@H](NC(=O)[C@@H](NC(=O)[C@H](CO)NC(=O)[C@H](CCCCN)NC(=O)CNC(=O)[C@H](CO)NC(=O)[C@H](CCC(=O)O)NC(=O)CNC(=O)[C@H](C)NC(=O)CNC(=O)[C@@H](N)CS)[C@H](C)O)C(=O)N[C@H](C(=O)N[C@@H](CCCCN)C(=O)N[C@@H](CCC(N)=O)C(=O)N[C@@H](CCSC)C(=O)N[C@@H](CCCCN)C(=O)O)C(C)C. The van der Waals surface area contributed by atoms with Crippen molar-refractivity contribution in [3.63, 3.8) is 0 Å². The van der Waals surface area contributed by atoms with Crippen LogP contribution in [-0.2, 0) is 86.3 Å². The first-order chi connectivity index (χ1) is 52.3. The first kappa shape index (κ1) is 102. The van der Waals surface area contributed by atoms with E-state index in [0.717, 1.165) is 6.92 Å². The summed E-state index contributed by atoms with van der Waals surface area (Å²) in [7, 11) is 0. The number of carbonyl (C=O) groups is 18. The number of nitrogens with one attached hydrogen (secondary N) is 15. The minimum absolute atomic E-state index is 0.0124. The molecular weight excluding hydrogens is 1500 g/mol. The zero-order valence-electron chi connectivity index (χ0n) is 63.7. The molecular formula is C66H118N20O23S2. The predicted octanol–water partition coefficient (Wildman–Crippen LogP) is -10.1. The molecule has 45 heteroatoms. The molecule has 0 saturated carbocycles. The van der Waals surface area contributed by atoms with Gasteiger partial charge in [-0.25, -0.2) is 4.79 Å². The lowest BCUT2D eigenvalue weighted by molar-refractivity contribution is -0.142. The van der Waals surface area contributed by atoms with E-state index in [1.807, 2.05) is 0 Å². The Bertz CT molecular complexity index is 3090. The highest BCUT2D eigenvalue weighted by atomic mass is 32.2. The Labute approximate surface area is 653 Å². The number of aliphatic carboxylic acids is 2. The molecule has 15 atom stereocenters. The normalized spacial score (nSPS) is 15.1. The van der Waals surface area contributed by atoms with Crippen LogP contribution >= 0.6 is 24.4 Å². The molecule has 0 fully saturated rings. The lowest BCUT2D eigenvalue weighted by Crippen LogP contribution is -2.63. The molecule has 0 aromatic rings. The third-order valence-corrected chi connectivity index (χ3v) is 17.9. The molecule has 0 heterocycles. The van der Waals surface area contributed by atoms with Crippen molar-refractivity contribution in [2.45, 2.75) is 223 Å². The molecule has 0 aromatic carbocycles. The fourth-order valence-electron chi connectivity index (χ4n) is 10.1. The third-order valence-electron chi connectivity index (χ3n) is 16.9. The standard InChI is InChI=1S/C66H118N20O23S2/c1-8-34(4)52(64(106)84-51(33(2)3)63(105)80-39(16-10-13-24-68)58(100)78-41(18-20-46(71)90)60(102)79-42(22-26-111-7)61(103)81-43(66(108)109)17-11-14-25-69)85-65(107)53(36(6)89)86-62(104)45(31-88)83-57(99)38(15-9-12-23-67)76-49(93)29-74-56(98)44(30-87)82-59(101)40(19-21-50(94)95)77-48(92)28-72-54(96)35(5)75-47(91)27-73-55(97)37(70)32-110/h33-45,51-53,87-89,110H,8-32,67-70H2,1-7H3,(H2,71,90)(H,72,96)(H,73,97)(H,74,98)(H,75,91)(H,76,93)(H,77,92)(H,78,100)(H,79,102)(H,80,105)(H,81,103)(H,82,101)(H,83,99)(H,84,106)(H,85,107)(H,86,104)(H,94,95)(H,108,109)/t34-,35+,36+,37+,38+,39+,40+,41+,42+,43+,44+,45+,51+,52+,53+/m1/s1. The van der Waals surface area contributed by atoms with Gasteiger partial charge in [-0.1, -0.05) is 34.1 Å². The van der Waals surface area contributed by atoms with Crippen molar-refractivity contribution in [1.29, 1.82) is 0 Å². The van der Waals surface area contributed by atoms with E-state index in [9.17, 15) is 112 Å². The Balaban J connectivity index is 6.50. The fourth-order valence-corrected chi connectivity index (χ4v) is 10.7. The van der Waals surface area contributed by atoms with E-state index >= 15 is 0 Å². The van der Waals surface area contributed by atoms with Gasteiger partial charge in [-0.05, 0) is 134 Å². The summed E-state index contributed by atoms with van der Waals surface area (Å²) in [6.07, 6.45) is -0.189. The van der Waals surface area contributed by atoms with Crippen molar-refractivity contribution < 1.29 is 112 Å². The van der Waals surface area contributed by atoms with E-state index in [1.54, 1.807) is 34.0 Å². The maximum Gasteiger partial charge on any atom is 0.326 e. The number of carbonyl (C=O) groups excluding carboxylic acids is 16. The van der Waals surface area contributed by atoms with Crippen LogP contribution in [0.2, 0.25) is 0 Å². The molecule has 0 radical (unpaired) electrons. The molecule has 0 spiro atoms.